The van der Waals surface area contributed by atoms with Gasteiger partial charge in [-0.3, -0.25) is 4.79 Å². The summed E-state index contributed by atoms with van der Waals surface area (Å²) in [6, 6.07) is 5.79. The quantitative estimate of drug-likeness (QED) is 0.616. The second-order valence-corrected chi connectivity index (χ2v) is 5.94. The predicted molar refractivity (Wildman–Crippen MR) is 72.3 cm³/mol. The molecule has 0 aromatic carbocycles. The van der Waals surface area contributed by atoms with Crippen LogP contribution in [0.5, 0.6) is 0 Å². The van der Waals surface area contributed by atoms with Crippen LogP contribution >= 0.6 is 11.3 Å². The lowest BCUT2D eigenvalue weighted by Crippen LogP contribution is -1.99. The zero-order chi connectivity index (χ0) is 12.4. The number of fused-ring (bicyclic) bond motifs is 1. The third kappa shape index (κ3) is 2.41. The standard InChI is InChI=1S/C15H16O2S/c16-13(10-12-6-4-8-17-12)15-9-11-5-2-1-3-7-14(11)18-15/h4,6,8-9H,1-3,5,7,10H2. The highest BCUT2D eigenvalue weighted by Crippen LogP contribution is 2.29. The average molecular weight is 260 g/mol. The Balaban J connectivity index is 1.78. The predicted octanol–water partition coefficient (Wildman–Crippen LogP) is 4.04. The largest absolute Gasteiger partial charge is 0.469 e. The van der Waals surface area contributed by atoms with Crippen LogP contribution in [-0.2, 0) is 19.3 Å². The van der Waals surface area contributed by atoms with E-state index in [1.165, 1.54) is 29.7 Å². The molecule has 0 amide bonds. The summed E-state index contributed by atoms with van der Waals surface area (Å²) in [5.41, 5.74) is 1.40. The maximum absolute atomic E-state index is 12.2. The number of thiophene rings is 1. The topological polar surface area (TPSA) is 30.2 Å². The van der Waals surface area contributed by atoms with Gasteiger partial charge in [-0.2, -0.15) is 0 Å². The van der Waals surface area contributed by atoms with E-state index in [1.807, 2.05) is 12.1 Å². The van der Waals surface area contributed by atoms with Crippen LogP contribution < -0.4 is 0 Å². The van der Waals surface area contributed by atoms with Crippen LogP contribution in [0.4, 0.5) is 0 Å². The van der Waals surface area contributed by atoms with E-state index in [9.17, 15) is 4.79 Å². The Labute approximate surface area is 111 Å². The van der Waals surface area contributed by atoms with Gasteiger partial charge in [0, 0.05) is 4.88 Å². The summed E-state index contributed by atoms with van der Waals surface area (Å²) < 4.78 is 5.23. The number of Topliss-reactive ketones (excluding diaryl/α,β-unsaturated/α-hetero) is 1. The van der Waals surface area contributed by atoms with Crippen molar-refractivity contribution in [1.29, 1.82) is 0 Å². The van der Waals surface area contributed by atoms with Crippen molar-refractivity contribution in [3.8, 4) is 0 Å². The van der Waals surface area contributed by atoms with Crippen molar-refractivity contribution in [2.24, 2.45) is 0 Å². The smallest absolute Gasteiger partial charge is 0.180 e. The minimum atomic E-state index is 0.183. The molecule has 0 radical (unpaired) electrons. The Morgan fingerprint density at radius 3 is 3.00 bits per heavy atom. The van der Waals surface area contributed by atoms with Crippen LogP contribution in [0.3, 0.4) is 0 Å². The Morgan fingerprint density at radius 1 is 1.28 bits per heavy atom. The molecule has 1 aliphatic carbocycles. The highest BCUT2D eigenvalue weighted by atomic mass is 32.1. The molecule has 0 unspecified atom stereocenters. The summed E-state index contributed by atoms with van der Waals surface area (Å²) in [5.74, 6) is 0.937. The van der Waals surface area contributed by atoms with Gasteiger partial charge in [0.15, 0.2) is 5.78 Å². The summed E-state index contributed by atoms with van der Waals surface area (Å²) in [6.45, 7) is 0. The van der Waals surface area contributed by atoms with Crippen molar-refractivity contribution in [3.05, 3.63) is 45.5 Å². The van der Waals surface area contributed by atoms with Crippen LogP contribution in [-0.4, -0.2) is 5.78 Å². The van der Waals surface area contributed by atoms with Gasteiger partial charge < -0.3 is 4.42 Å². The first-order valence-electron chi connectivity index (χ1n) is 6.50. The first-order valence-corrected chi connectivity index (χ1v) is 7.32. The van der Waals surface area contributed by atoms with Crippen LogP contribution in [0, 0.1) is 0 Å². The van der Waals surface area contributed by atoms with Crippen LogP contribution in [0.15, 0.2) is 28.9 Å². The zero-order valence-corrected chi connectivity index (χ0v) is 11.1. The lowest BCUT2D eigenvalue weighted by molar-refractivity contribution is 0.0991. The van der Waals surface area contributed by atoms with Crippen molar-refractivity contribution in [1.82, 2.24) is 0 Å². The van der Waals surface area contributed by atoms with Crippen LogP contribution in [0.25, 0.3) is 0 Å². The number of furan rings is 1. The van der Waals surface area contributed by atoms with Gasteiger partial charge in [0.05, 0.1) is 17.6 Å². The van der Waals surface area contributed by atoms with Gasteiger partial charge in [-0.15, -0.1) is 11.3 Å². The molecule has 3 heteroatoms. The summed E-state index contributed by atoms with van der Waals surface area (Å²) in [5, 5.41) is 0. The molecular formula is C15H16O2S. The Morgan fingerprint density at radius 2 is 2.17 bits per heavy atom. The minimum absolute atomic E-state index is 0.183. The third-order valence-corrected chi connectivity index (χ3v) is 4.71. The highest BCUT2D eigenvalue weighted by Gasteiger charge is 2.17. The first kappa shape index (κ1) is 11.7. The molecule has 18 heavy (non-hydrogen) atoms. The second-order valence-electron chi connectivity index (χ2n) is 4.80. The van der Waals surface area contributed by atoms with Crippen molar-refractivity contribution in [2.75, 3.05) is 0 Å². The molecule has 0 aliphatic heterocycles. The Kier molecular flexibility index (Phi) is 3.33. The van der Waals surface area contributed by atoms with E-state index in [0.29, 0.717) is 6.42 Å². The first-order chi connectivity index (χ1) is 8.83. The molecule has 0 fully saturated rings. The molecule has 2 aromatic rings. The average Bonchev–Trinajstić information content (AvgIpc) is 2.95. The van der Waals surface area contributed by atoms with Gasteiger partial charge in [-0.05, 0) is 49.4 Å². The minimum Gasteiger partial charge on any atom is -0.469 e. The number of rotatable bonds is 3. The molecule has 2 aromatic heterocycles. The molecule has 3 rings (SSSR count). The number of carbonyl (C=O) groups is 1. The molecule has 2 nitrogen and oxygen atoms in total. The molecular weight excluding hydrogens is 244 g/mol. The molecule has 0 saturated carbocycles. The van der Waals surface area contributed by atoms with Crippen LogP contribution in [0.1, 0.15) is 45.1 Å². The number of hydrogen-bond acceptors (Lipinski definition) is 3. The van der Waals surface area contributed by atoms with E-state index in [1.54, 1.807) is 17.6 Å². The van der Waals surface area contributed by atoms with Gasteiger partial charge in [-0.1, -0.05) is 6.42 Å². The zero-order valence-electron chi connectivity index (χ0n) is 10.3. The molecule has 0 bridgehead atoms. The molecule has 0 atom stereocenters. The van der Waals surface area contributed by atoms with Crippen molar-refractivity contribution in [3.63, 3.8) is 0 Å². The van der Waals surface area contributed by atoms with Gasteiger partial charge in [0.2, 0.25) is 0 Å². The fourth-order valence-electron chi connectivity index (χ4n) is 2.46. The van der Waals surface area contributed by atoms with Crippen molar-refractivity contribution >= 4 is 17.1 Å². The lowest BCUT2D eigenvalue weighted by atomic mass is 10.1. The fourth-order valence-corrected chi connectivity index (χ4v) is 3.65. The maximum atomic E-state index is 12.2. The van der Waals surface area contributed by atoms with Crippen molar-refractivity contribution in [2.45, 2.75) is 38.5 Å². The van der Waals surface area contributed by atoms with E-state index < -0.39 is 0 Å². The number of aryl methyl sites for hydroxylation is 2. The monoisotopic (exact) mass is 260 g/mol. The SMILES string of the molecule is O=C(Cc1ccco1)c1cc2c(s1)CCCCC2. The van der Waals surface area contributed by atoms with Gasteiger partial charge >= 0.3 is 0 Å². The van der Waals surface area contributed by atoms with Crippen LogP contribution in [0.2, 0.25) is 0 Å². The summed E-state index contributed by atoms with van der Waals surface area (Å²) in [7, 11) is 0. The number of hydrogen-bond donors (Lipinski definition) is 0. The highest BCUT2D eigenvalue weighted by molar-refractivity contribution is 7.14. The van der Waals surface area contributed by atoms with E-state index in [2.05, 4.69) is 6.07 Å². The van der Waals surface area contributed by atoms with E-state index >= 15 is 0 Å². The lowest BCUT2D eigenvalue weighted by Gasteiger charge is -1.95. The molecule has 0 saturated heterocycles. The summed E-state index contributed by atoms with van der Waals surface area (Å²) in [6.07, 6.45) is 8.12. The molecule has 0 N–H and O–H groups in total. The molecule has 0 spiro atoms. The Hall–Kier alpha value is -1.35. The summed E-state index contributed by atoms with van der Waals surface area (Å²) >= 11 is 1.69. The maximum Gasteiger partial charge on any atom is 0.180 e. The molecule has 1 aliphatic rings. The van der Waals surface area contributed by atoms with E-state index in [-0.39, 0.29) is 5.78 Å². The number of ketones is 1. The molecule has 2 heterocycles. The second kappa shape index (κ2) is 5.11. The van der Waals surface area contributed by atoms with E-state index in [0.717, 1.165) is 23.5 Å². The summed E-state index contributed by atoms with van der Waals surface area (Å²) in [4.78, 5) is 14.5. The van der Waals surface area contributed by atoms with Gasteiger partial charge in [-0.25, -0.2) is 0 Å². The Bertz CT molecular complexity index is 513. The fraction of sp³-hybridized carbons (Fsp3) is 0.400. The van der Waals surface area contributed by atoms with Crippen molar-refractivity contribution < 1.29 is 9.21 Å². The van der Waals surface area contributed by atoms with Gasteiger partial charge in [0.1, 0.15) is 5.76 Å². The van der Waals surface area contributed by atoms with E-state index in [4.69, 9.17) is 4.42 Å². The molecule has 94 valence electrons. The number of carbonyl (C=O) groups excluding carboxylic acids is 1. The third-order valence-electron chi connectivity index (χ3n) is 3.44. The van der Waals surface area contributed by atoms with Gasteiger partial charge in [0.25, 0.3) is 0 Å². The normalized spacial score (nSPS) is 15.1.